The number of carbonyl (C=O) groups is 9. The molecular formula is C33H45N9O14. The van der Waals surface area contributed by atoms with E-state index in [4.69, 9.17) is 21.7 Å². The summed E-state index contributed by atoms with van der Waals surface area (Å²) in [5, 5.41) is 58.1. The highest BCUT2D eigenvalue weighted by Crippen LogP contribution is 2.13. The predicted molar refractivity (Wildman–Crippen MR) is 189 cm³/mol. The van der Waals surface area contributed by atoms with Crippen LogP contribution in [0.1, 0.15) is 49.8 Å². The minimum atomic E-state index is -1.91. The van der Waals surface area contributed by atoms with Crippen molar-refractivity contribution in [3.05, 3.63) is 48.0 Å². The molecule has 0 fully saturated rings. The molecule has 56 heavy (non-hydrogen) atoms. The number of phenolic OH excluding ortho intramolecular Hbond substituents is 1. The summed E-state index contributed by atoms with van der Waals surface area (Å²) < 4.78 is 0. The molecule has 0 saturated carbocycles. The van der Waals surface area contributed by atoms with Gasteiger partial charge in [-0.25, -0.2) is 9.78 Å². The molecule has 2 aromatic rings. The van der Waals surface area contributed by atoms with Crippen LogP contribution >= 0.6 is 0 Å². The van der Waals surface area contributed by atoms with E-state index in [1.807, 2.05) is 5.32 Å². The van der Waals surface area contributed by atoms with Gasteiger partial charge in [-0.3, -0.25) is 38.4 Å². The summed E-state index contributed by atoms with van der Waals surface area (Å²) in [6.45, 7) is 0.183. The Morgan fingerprint density at radius 2 is 1.11 bits per heavy atom. The molecule has 1 aromatic heterocycles. The molecule has 0 spiro atoms. The standard InChI is InChI=1S/C33H45N9O14/c34-8-2-1-3-20(38-30(52)21(9-16-4-6-18(43)7-5-16)39-28(50)19(35)11-25(44)45)29(51)41-23(12-26(46)47)32(54)40-22(10-17-14-36-15-37-17)31(53)42-24(33(55)56)13-27(48)49/h4-7,14-15,19-24,43H,1-3,8-13,34-35H2,(H,36,37)(H,38,52)(H,39,50)(H,40,54)(H,41,51)(H,42,53)(H,44,45)(H,46,47)(H,48,49)(H,55,56). The lowest BCUT2D eigenvalue weighted by molar-refractivity contribution is -0.147. The molecule has 0 bridgehead atoms. The lowest BCUT2D eigenvalue weighted by atomic mass is 10.0. The summed E-state index contributed by atoms with van der Waals surface area (Å²) >= 11 is 0. The van der Waals surface area contributed by atoms with Crippen LogP contribution in [0.15, 0.2) is 36.8 Å². The summed E-state index contributed by atoms with van der Waals surface area (Å²) in [6, 6.07) is -4.48. The van der Waals surface area contributed by atoms with Gasteiger partial charge in [0.2, 0.25) is 29.5 Å². The van der Waals surface area contributed by atoms with Crippen molar-refractivity contribution in [2.24, 2.45) is 11.5 Å². The first kappa shape index (κ1) is 45.5. The molecule has 0 aliphatic heterocycles. The zero-order valence-electron chi connectivity index (χ0n) is 29.8. The van der Waals surface area contributed by atoms with Gasteiger partial charge in [-0.2, -0.15) is 0 Å². The number of amides is 5. The van der Waals surface area contributed by atoms with Gasteiger partial charge in [0.1, 0.15) is 36.0 Å². The zero-order chi connectivity index (χ0) is 41.9. The van der Waals surface area contributed by atoms with Crippen molar-refractivity contribution < 1.29 is 68.7 Å². The third-order valence-corrected chi connectivity index (χ3v) is 7.94. The van der Waals surface area contributed by atoms with Crippen LogP contribution in [0.4, 0.5) is 0 Å². The normalized spacial score (nSPS) is 14.0. The molecule has 1 aromatic carbocycles. The molecule has 23 nitrogen and oxygen atoms in total. The Balaban J connectivity index is 2.38. The maximum absolute atomic E-state index is 13.7. The number of carboxylic acids is 4. The van der Waals surface area contributed by atoms with Crippen molar-refractivity contribution in [1.29, 1.82) is 0 Å². The third-order valence-electron chi connectivity index (χ3n) is 7.94. The Hall–Kier alpha value is -6.62. The smallest absolute Gasteiger partial charge is 0.326 e. The highest BCUT2D eigenvalue weighted by Gasteiger charge is 2.34. The van der Waals surface area contributed by atoms with E-state index in [9.17, 15) is 58.5 Å². The Bertz CT molecular complexity index is 1700. The Morgan fingerprint density at radius 3 is 1.64 bits per heavy atom. The minimum Gasteiger partial charge on any atom is -0.508 e. The number of imidazole rings is 1. The summed E-state index contributed by atoms with van der Waals surface area (Å²) in [4.78, 5) is 119. The topological polar surface area (TPSA) is 396 Å². The summed E-state index contributed by atoms with van der Waals surface area (Å²) in [7, 11) is 0. The molecule has 15 N–H and O–H groups in total. The molecule has 6 atom stereocenters. The summed E-state index contributed by atoms with van der Waals surface area (Å²) in [5.41, 5.74) is 11.9. The first-order valence-corrected chi connectivity index (χ1v) is 17.0. The molecule has 23 heteroatoms. The number of nitrogens with zero attached hydrogens (tertiary/aromatic N) is 1. The molecular weight excluding hydrogens is 746 g/mol. The van der Waals surface area contributed by atoms with Crippen molar-refractivity contribution in [3.63, 3.8) is 0 Å². The predicted octanol–water partition coefficient (Wildman–Crippen LogP) is -3.71. The number of nitrogens with one attached hydrogen (secondary N) is 6. The third kappa shape index (κ3) is 16.2. The number of aliphatic carboxylic acids is 4. The second kappa shape index (κ2) is 22.6. The number of rotatable bonds is 25. The molecule has 306 valence electrons. The number of nitrogens with two attached hydrogens (primary N) is 2. The van der Waals surface area contributed by atoms with E-state index in [1.165, 1.54) is 36.8 Å². The van der Waals surface area contributed by atoms with Crippen molar-refractivity contribution in [2.45, 2.75) is 87.6 Å². The number of carbonyl (C=O) groups excluding carboxylic acids is 5. The molecule has 0 aliphatic carbocycles. The molecule has 0 saturated heterocycles. The molecule has 0 aliphatic rings. The van der Waals surface area contributed by atoms with Crippen molar-refractivity contribution in [3.8, 4) is 5.75 Å². The largest absolute Gasteiger partial charge is 0.508 e. The van der Waals surface area contributed by atoms with E-state index in [1.54, 1.807) is 0 Å². The Labute approximate surface area is 318 Å². The number of unbranched alkanes of at least 4 members (excludes halogenated alkanes) is 1. The maximum atomic E-state index is 13.7. The number of hydrogen-bond acceptors (Lipinski definition) is 13. The molecule has 1 heterocycles. The van der Waals surface area contributed by atoms with Gasteiger partial charge in [0.15, 0.2) is 0 Å². The van der Waals surface area contributed by atoms with Crippen LogP contribution in [0.5, 0.6) is 5.75 Å². The van der Waals surface area contributed by atoms with Gasteiger partial charge < -0.3 is 68.6 Å². The second-order valence-corrected chi connectivity index (χ2v) is 12.5. The van der Waals surface area contributed by atoms with E-state index < -0.39 is 109 Å². The average molecular weight is 792 g/mol. The zero-order valence-corrected chi connectivity index (χ0v) is 29.8. The van der Waals surface area contributed by atoms with Gasteiger partial charge in [-0.1, -0.05) is 12.1 Å². The monoisotopic (exact) mass is 791 g/mol. The number of phenols is 1. The van der Waals surface area contributed by atoms with Gasteiger partial charge in [0, 0.05) is 24.7 Å². The van der Waals surface area contributed by atoms with E-state index in [0.717, 1.165) is 0 Å². The van der Waals surface area contributed by atoms with Crippen molar-refractivity contribution in [2.75, 3.05) is 6.54 Å². The SMILES string of the molecule is NCCCCC(NC(=O)C(Cc1ccc(O)cc1)NC(=O)C(N)CC(=O)O)C(=O)NC(CC(=O)O)C(=O)NC(Cc1cnc[nH]1)C(=O)NC(CC(=O)O)C(=O)O. The van der Waals surface area contributed by atoms with Crippen LogP contribution in [-0.4, -0.2) is 132 Å². The van der Waals surface area contributed by atoms with Crippen LogP contribution in [0.3, 0.4) is 0 Å². The Kier molecular flexibility index (Phi) is 18.3. The van der Waals surface area contributed by atoms with E-state index in [0.29, 0.717) is 12.0 Å². The summed E-state index contributed by atoms with van der Waals surface area (Å²) in [5.74, 6) is -11.8. The van der Waals surface area contributed by atoms with Crippen LogP contribution in [0.2, 0.25) is 0 Å². The van der Waals surface area contributed by atoms with E-state index in [-0.39, 0.29) is 43.7 Å². The first-order valence-electron chi connectivity index (χ1n) is 17.0. The van der Waals surface area contributed by atoms with Crippen molar-refractivity contribution >= 4 is 53.4 Å². The number of H-pyrrole nitrogens is 1. The fourth-order valence-electron chi connectivity index (χ4n) is 5.07. The van der Waals surface area contributed by atoms with Crippen LogP contribution in [0, 0.1) is 0 Å². The molecule has 5 amide bonds. The number of carboxylic acid groups (broad SMARTS) is 4. The van der Waals surface area contributed by atoms with E-state index in [2.05, 4.69) is 31.2 Å². The lowest BCUT2D eigenvalue weighted by Crippen LogP contribution is -2.60. The average Bonchev–Trinajstić information content (AvgIpc) is 3.63. The fourth-order valence-corrected chi connectivity index (χ4v) is 5.07. The van der Waals surface area contributed by atoms with Crippen LogP contribution < -0.4 is 38.1 Å². The fraction of sp³-hybridized carbons (Fsp3) is 0.455. The van der Waals surface area contributed by atoms with Crippen LogP contribution in [-0.2, 0) is 56.0 Å². The molecule has 0 radical (unpaired) electrons. The maximum Gasteiger partial charge on any atom is 0.326 e. The number of aromatic nitrogens is 2. The number of hydrogen-bond donors (Lipinski definition) is 13. The van der Waals surface area contributed by atoms with Gasteiger partial charge in [-0.05, 0) is 43.5 Å². The lowest BCUT2D eigenvalue weighted by Gasteiger charge is -2.27. The second-order valence-electron chi connectivity index (χ2n) is 12.5. The van der Waals surface area contributed by atoms with Crippen LogP contribution in [0.25, 0.3) is 0 Å². The molecule has 2 rings (SSSR count). The van der Waals surface area contributed by atoms with Gasteiger partial charge in [-0.15, -0.1) is 0 Å². The number of benzene rings is 1. The first-order chi connectivity index (χ1) is 26.4. The highest BCUT2D eigenvalue weighted by molar-refractivity contribution is 5.98. The highest BCUT2D eigenvalue weighted by atomic mass is 16.4. The number of aromatic amines is 1. The van der Waals surface area contributed by atoms with Crippen molar-refractivity contribution in [1.82, 2.24) is 36.6 Å². The van der Waals surface area contributed by atoms with E-state index >= 15 is 0 Å². The Morgan fingerprint density at radius 1 is 0.625 bits per heavy atom. The van der Waals surface area contributed by atoms with Gasteiger partial charge in [0.25, 0.3) is 0 Å². The number of aromatic hydroxyl groups is 1. The van der Waals surface area contributed by atoms with Gasteiger partial charge >= 0.3 is 23.9 Å². The van der Waals surface area contributed by atoms with Gasteiger partial charge in [0.05, 0.1) is 31.6 Å². The minimum absolute atomic E-state index is 0.102. The molecule has 6 unspecified atom stereocenters. The summed E-state index contributed by atoms with van der Waals surface area (Å²) in [6.07, 6.45) is -0.457. The quantitative estimate of drug-likeness (QED) is 0.0430.